The first-order chi connectivity index (χ1) is 10.1. The molecule has 6 heteroatoms. The average molecular weight is 310 g/mol. The van der Waals surface area contributed by atoms with Gasteiger partial charge in [-0.05, 0) is 0 Å². The number of nitrogens with two attached hydrogens (primary N) is 1. The van der Waals surface area contributed by atoms with Crippen LogP contribution in [0.25, 0.3) is 11.3 Å². The van der Waals surface area contributed by atoms with Gasteiger partial charge in [0, 0.05) is 25.7 Å². The van der Waals surface area contributed by atoms with Gasteiger partial charge in [-0.1, -0.05) is 41.9 Å². The summed E-state index contributed by atoms with van der Waals surface area (Å²) in [6, 6.07) is 9.75. The van der Waals surface area contributed by atoms with Gasteiger partial charge in [0.15, 0.2) is 0 Å². The van der Waals surface area contributed by atoms with Crippen LogP contribution in [0.4, 0.5) is 11.5 Å². The number of rotatable bonds is 6. The highest BCUT2D eigenvalue weighted by atomic mass is 35.5. The lowest BCUT2D eigenvalue weighted by molar-refractivity contribution is 0.280. The number of aliphatic hydroxyl groups is 2. The highest BCUT2D eigenvalue weighted by Gasteiger charge is 2.22. The lowest BCUT2D eigenvalue weighted by Crippen LogP contribution is -2.31. The van der Waals surface area contributed by atoms with Crippen LogP contribution in [-0.2, 0) is 7.05 Å². The monoisotopic (exact) mass is 309 g/mol. The Hall–Kier alpha value is -1.69. The van der Waals surface area contributed by atoms with Crippen molar-refractivity contribution in [1.82, 2.24) is 4.57 Å². The smallest absolute Gasteiger partial charge is 0.130 e. The summed E-state index contributed by atoms with van der Waals surface area (Å²) in [6.45, 7) is 0.710. The molecule has 0 spiro atoms. The molecule has 1 aromatic heterocycles. The Bertz CT molecular complexity index is 593. The number of halogens is 1. The van der Waals surface area contributed by atoms with Crippen LogP contribution < -0.4 is 10.6 Å². The van der Waals surface area contributed by atoms with Gasteiger partial charge in [0.05, 0.1) is 24.6 Å². The van der Waals surface area contributed by atoms with Crippen molar-refractivity contribution in [2.45, 2.75) is 0 Å². The molecule has 2 aromatic rings. The van der Waals surface area contributed by atoms with Gasteiger partial charge in [-0.2, -0.15) is 0 Å². The third-order valence-corrected chi connectivity index (χ3v) is 3.80. The van der Waals surface area contributed by atoms with Crippen LogP contribution in [0, 0.1) is 0 Å². The van der Waals surface area contributed by atoms with E-state index in [9.17, 15) is 10.2 Å². The fraction of sp³-hybridized carbons (Fsp3) is 0.333. The van der Waals surface area contributed by atoms with Crippen LogP contribution in [0.2, 0.25) is 5.02 Å². The van der Waals surface area contributed by atoms with Crippen molar-refractivity contribution in [3.63, 3.8) is 0 Å². The Labute approximate surface area is 129 Å². The van der Waals surface area contributed by atoms with Crippen molar-refractivity contribution in [3.8, 4) is 11.3 Å². The Balaban J connectivity index is 2.54. The molecule has 0 radical (unpaired) electrons. The molecular formula is C15H20ClN3O2. The zero-order valence-electron chi connectivity index (χ0n) is 12.0. The van der Waals surface area contributed by atoms with Gasteiger partial charge in [0.2, 0.25) is 0 Å². The Kier molecular flexibility index (Phi) is 5.12. The average Bonchev–Trinajstić information content (AvgIpc) is 2.70. The number of anilines is 2. The summed E-state index contributed by atoms with van der Waals surface area (Å²) in [4.78, 5) is 1.82. The van der Waals surface area contributed by atoms with E-state index in [-0.39, 0.29) is 13.2 Å². The topological polar surface area (TPSA) is 74.7 Å². The quantitative estimate of drug-likeness (QED) is 0.759. The molecule has 0 aliphatic rings. The SMILES string of the molecule is Cn1c(-c2ccccc2)c(N)c(Cl)c1N(CCO)CCO. The first-order valence-corrected chi connectivity index (χ1v) is 7.15. The minimum Gasteiger partial charge on any atom is -0.396 e. The number of nitrogens with zero attached hydrogens (tertiary/aromatic N) is 2. The van der Waals surface area contributed by atoms with Crippen molar-refractivity contribution >= 4 is 23.1 Å². The molecule has 5 nitrogen and oxygen atoms in total. The van der Waals surface area contributed by atoms with Crippen molar-refractivity contribution in [3.05, 3.63) is 35.4 Å². The van der Waals surface area contributed by atoms with E-state index < -0.39 is 0 Å². The van der Waals surface area contributed by atoms with Gasteiger partial charge < -0.3 is 25.4 Å². The zero-order valence-corrected chi connectivity index (χ0v) is 12.7. The highest BCUT2D eigenvalue weighted by molar-refractivity contribution is 6.36. The first kappa shape index (κ1) is 15.7. The van der Waals surface area contributed by atoms with Crippen LogP contribution in [-0.4, -0.2) is 41.1 Å². The second-order valence-electron chi connectivity index (χ2n) is 4.76. The van der Waals surface area contributed by atoms with Crippen molar-refractivity contribution < 1.29 is 10.2 Å². The maximum Gasteiger partial charge on any atom is 0.130 e. The molecule has 0 fully saturated rings. The minimum atomic E-state index is -0.0257. The Morgan fingerprint density at radius 3 is 2.24 bits per heavy atom. The van der Waals surface area contributed by atoms with Crippen LogP contribution >= 0.6 is 11.6 Å². The summed E-state index contributed by atoms with van der Waals surface area (Å²) in [7, 11) is 1.88. The van der Waals surface area contributed by atoms with Crippen molar-refractivity contribution in [2.24, 2.45) is 7.05 Å². The van der Waals surface area contributed by atoms with Crippen LogP contribution in [0.15, 0.2) is 30.3 Å². The third kappa shape index (κ3) is 3.00. The summed E-state index contributed by atoms with van der Waals surface area (Å²) >= 11 is 6.38. The fourth-order valence-corrected chi connectivity index (χ4v) is 2.86. The first-order valence-electron chi connectivity index (χ1n) is 6.77. The molecule has 0 unspecified atom stereocenters. The van der Waals surface area contributed by atoms with E-state index in [0.717, 1.165) is 11.3 Å². The second kappa shape index (κ2) is 6.85. The lowest BCUT2D eigenvalue weighted by atomic mass is 10.1. The van der Waals surface area contributed by atoms with Crippen LogP contribution in [0.5, 0.6) is 0 Å². The number of hydrogen-bond acceptors (Lipinski definition) is 4. The van der Waals surface area contributed by atoms with Crippen LogP contribution in [0.1, 0.15) is 0 Å². The predicted molar refractivity (Wildman–Crippen MR) is 86.7 cm³/mol. The second-order valence-corrected chi connectivity index (χ2v) is 5.14. The van der Waals surface area contributed by atoms with E-state index in [0.29, 0.717) is 29.6 Å². The lowest BCUT2D eigenvalue weighted by Gasteiger charge is -2.24. The summed E-state index contributed by atoms with van der Waals surface area (Å²) < 4.78 is 1.90. The number of nitrogen functional groups attached to an aromatic ring is 1. The van der Waals surface area contributed by atoms with Crippen molar-refractivity contribution in [2.75, 3.05) is 36.9 Å². The molecule has 114 valence electrons. The molecular weight excluding hydrogens is 290 g/mol. The summed E-state index contributed by atoms with van der Waals surface area (Å²) in [5, 5.41) is 18.8. The normalized spacial score (nSPS) is 10.9. The largest absolute Gasteiger partial charge is 0.396 e. The van der Waals surface area contributed by atoms with E-state index >= 15 is 0 Å². The molecule has 4 N–H and O–H groups in total. The summed E-state index contributed by atoms with van der Waals surface area (Å²) in [6.07, 6.45) is 0. The molecule has 0 bridgehead atoms. The summed E-state index contributed by atoms with van der Waals surface area (Å²) in [5.74, 6) is 0.705. The summed E-state index contributed by atoms with van der Waals surface area (Å²) in [5.41, 5.74) is 8.46. The zero-order chi connectivity index (χ0) is 15.4. The van der Waals surface area contributed by atoms with E-state index in [1.165, 1.54) is 0 Å². The molecule has 1 aromatic carbocycles. The highest BCUT2D eigenvalue weighted by Crippen LogP contribution is 2.41. The molecule has 0 saturated carbocycles. The number of aliphatic hydroxyl groups excluding tert-OH is 2. The predicted octanol–water partition coefficient (Wildman–Crippen LogP) is 1.72. The van der Waals surface area contributed by atoms with E-state index in [1.54, 1.807) is 0 Å². The van der Waals surface area contributed by atoms with Gasteiger partial charge in [-0.3, -0.25) is 0 Å². The molecule has 0 aliphatic carbocycles. The molecule has 2 rings (SSSR count). The third-order valence-electron chi connectivity index (χ3n) is 3.43. The maximum absolute atomic E-state index is 9.19. The molecule has 0 saturated heterocycles. The molecule has 21 heavy (non-hydrogen) atoms. The maximum atomic E-state index is 9.19. The Morgan fingerprint density at radius 1 is 1.14 bits per heavy atom. The van der Waals surface area contributed by atoms with E-state index in [2.05, 4.69) is 0 Å². The molecule has 0 aliphatic heterocycles. The number of benzene rings is 1. The minimum absolute atomic E-state index is 0.0257. The van der Waals surface area contributed by atoms with Gasteiger partial charge in [-0.25, -0.2) is 0 Å². The number of aromatic nitrogens is 1. The molecule has 0 atom stereocenters. The van der Waals surface area contributed by atoms with Crippen molar-refractivity contribution in [1.29, 1.82) is 0 Å². The molecule has 1 heterocycles. The van der Waals surface area contributed by atoms with Gasteiger partial charge in [0.25, 0.3) is 0 Å². The van der Waals surface area contributed by atoms with Gasteiger partial charge >= 0.3 is 0 Å². The van der Waals surface area contributed by atoms with E-state index in [1.807, 2.05) is 46.8 Å². The van der Waals surface area contributed by atoms with Gasteiger partial charge in [0.1, 0.15) is 10.8 Å². The van der Waals surface area contributed by atoms with Crippen LogP contribution in [0.3, 0.4) is 0 Å². The number of hydrogen-bond donors (Lipinski definition) is 3. The van der Waals surface area contributed by atoms with Gasteiger partial charge in [-0.15, -0.1) is 0 Å². The molecule has 0 amide bonds. The standard InChI is InChI=1S/C15H20ClN3O2/c1-18-14(11-5-3-2-4-6-11)13(17)12(16)15(18)19(7-9-20)8-10-21/h2-6,20-21H,7-10,17H2,1H3. The van der Waals surface area contributed by atoms with E-state index in [4.69, 9.17) is 17.3 Å². The Morgan fingerprint density at radius 2 is 1.71 bits per heavy atom. The fourth-order valence-electron chi connectivity index (χ4n) is 2.52.